The summed E-state index contributed by atoms with van der Waals surface area (Å²) in [4.78, 5) is 17.3. The van der Waals surface area contributed by atoms with Crippen LogP contribution < -0.4 is 5.32 Å². The van der Waals surface area contributed by atoms with E-state index in [9.17, 15) is 4.79 Å². The summed E-state index contributed by atoms with van der Waals surface area (Å²) < 4.78 is 5.49. The molecule has 21 heavy (non-hydrogen) atoms. The monoisotopic (exact) mass is 302 g/mol. The molecular formula is C16H18N2O2S. The minimum Gasteiger partial charge on any atom is -0.376 e. The second-order valence-electron chi connectivity index (χ2n) is 5.06. The zero-order valence-electron chi connectivity index (χ0n) is 11.7. The third-order valence-corrected chi connectivity index (χ3v) is 4.55. The lowest BCUT2D eigenvalue weighted by Gasteiger charge is -2.11. The number of hydrogen-bond acceptors (Lipinski definition) is 4. The number of ether oxygens (including phenoxy) is 1. The maximum atomic E-state index is 11.9. The van der Waals surface area contributed by atoms with Crippen molar-refractivity contribution >= 4 is 28.6 Å². The molecule has 0 radical (unpaired) electrons. The van der Waals surface area contributed by atoms with Crippen LogP contribution in [0.2, 0.25) is 0 Å². The van der Waals surface area contributed by atoms with Crippen LogP contribution in [0.5, 0.6) is 0 Å². The number of rotatable bonds is 5. The Labute approximate surface area is 128 Å². The van der Waals surface area contributed by atoms with Gasteiger partial charge >= 0.3 is 0 Å². The predicted molar refractivity (Wildman–Crippen MR) is 84.5 cm³/mol. The van der Waals surface area contributed by atoms with Gasteiger partial charge in [0.2, 0.25) is 5.91 Å². The van der Waals surface area contributed by atoms with Crippen LogP contribution in [0.25, 0.3) is 10.9 Å². The standard InChI is InChI=1S/C16H18N2O2S/c19-15(18-10-13-6-3-9-20-13)11-21-14-7-1-4-12-5-2-8-17-16(12)14/h1-2,4-5,7-8,13H,3,6,9-11H2,(H,18,19)/t13-/m1/s1. The van der Waals surface area contributed by atoms with Crippen molar-refractivity contribution in [1.82, 2.24) is 10.3 Å². The number of carbonyl (C=O) groups is 1. The van der Waals surface area contributed by atoms with E-state index < -0.39 is 0 Å². The molecule has 1 aliphatic heterocycles. The smallest absolute Gasteiger partial charge is 0.230 e. The molecule has 1 aliphatic rings. The first-order valence-electron chi connectivity index (χ1n) is 7.18. The van der Waals surface area contributed by atoms with Crippen molar-refractivity contribution in [3.8, 4) is 0 Å². The highest BCUT2D eigenvalue weighted by atomic mass is 32.2. The van der Waals surface area contributed by atoms with Crippen LogP contribution in [0.1, 0.15) is 12.8 Å². The van der Waals surface area contributed by atoms with Crippen LogP contribution >= 0.6 is 11.8 Å². The summed E-state index contributed by atoms with van der Waals surface area (Å²) in [6.07, 6.45) is 4.11. The molecule has 1 N–H and O–H groups in total. The summed E-state index contributed by atoms with van der Waals surface area (Å²) in [5.74, 6) is 0.450. The third-order valence-electron chi connectivity index (χ3n) is 3.51. The van der Waals surface area contributed by atoms with E-state index in [1.54, 1.807) is 6.20 Å². The first-order valence-corrected chi connectivity index (χ1v) is 8.16. The fourth-order valence-corrected chi connectivity index (χ4v) is 3.29. The quantitative estimate of drug-likeness (QED) is 0.863. The Bertz CT molecular complexity index is 621. The van der Waals surface area contributed by atoms with Crippen molar-refractivity contribution < 1.29 is 9.53 Å². The van der Waals surface area contributed by atoms with E-state index in [-0.39, 0.29) is 12.0 Å². The lowest BCUT2D eigenvalue weighted by Crippen LogP contribution is -2.32. The Balaban J connectivity index is 1.54. The predicted octanol–water partition coefficient (Wildman–Crippen LogP) is 2.62. The summed E-state index contributed by atoms with van der Waals surface area (Å²) in [5, 5.41) is 4.04. The highest BCUT2D eigenvalue weighted by Gasteiger charge is 2.16. The van der Waals surface area contributed by atoms with Crippen molar-refractivity contribution in [1.29, 1.82) is 0 Å². The van der Waals surface area contributed by atoms with Gasteiger partial charge in [0, 0.05) is 29.6 Å². The van der Waals surface area contributed by atoms with Crippen LogP contribution in [-0.2, 0) is 9.53 Å². The molecule has 0 bridgehead atoms. The molecule has 1 atom stereocenters. The number of pyridine rings is 1. The van der Waals surface area contributed by atoms with E-state index in [2.05, 4.69) is 10.3 Å². The molecule has 2 aromatic rings. The van der Waals surface area contributed by atoms with Gasteiger partial charge in [-0.25, -0.2) is 0 Å². The molecule has 2 heterocycles. The van der Waals surface area contributed by atoms with E-state index in [0.29, 0.717) is 12.3 Å². The number of carbonyl (C=O) groups excluding carboxylic acids is 1. The summed E-state index contributed by atoms with van der Waals surface area (Å²) in [6.45, 7) is 1.43. The lowest BCUT2D eigenvalue weighted by atomic mass is 10.2. The molecule has 5 heteroatoms. The van der Waals surface area contributed by atoms with E-state index in [4.69, 9.17) is 4.74 Å². The Morgan fingerprint density at radius 3 is 3.14 bits per heavy atom. The highest BCUT2D eigenvalue weighted by molar-refractivity contribution is 8.00. The van der Waals surface area contributed by atoms with Crippen molar-refractivity contribution in [2.24, 2.45) is 0 Å². The topological polar surface area (TPSA) is 51.2 Å². The van der Waals surface area contributed by atoms with Gasteiger partial charge in [-0.3, -0.25) is 9.78 Å². The van der Waals surface area contributed by atoms with Crippen molar-refractivity contribution in [3.63, 3.8) is 0 Å². The minimum atomic E-state index is 0.0448. The normalized spacial score (nSPS) is 18.0. The molecule has 3 rings (SSSR count). The van der Waals surface area contributed by atoms with E-state index >= 15 is 0 Å². The number of nitrogens with zero attached hydrogens (tertiary/aromatic N) is 1. The molecule has 1 fully saturated rings. The summed E-state index contributed by atoms with van der Waals surface area (Å²) in [5.41, 5.74) is 0.955. The third kappa shape index (κ3) is 3.74. The Kier molecular flexibility index (Phi) is 4.72. The van der Waals surface area contributed by atoms with Crippen molar-refractivity contribution in [2.75, 3.05) is 18.9 Å². The molecule has 1 aromatic carbocycles. The van der Waals surface area contributed by atoms with Gasteiger partial charge in [0.25, 0.3) is 0 Å². The number of nitrogens with one attached hydrogen (secondary N) is 1. The molecule has 0 aliphatic carbocycles. The average molecular weight is 302 g/mol. The zero-order chi connectivity index (χ0) is 14.5. The molecule has 1 aromatic heterocycles. The summed E-state index contributed by atoms with van der Waals surface area (Å²) >= 11 is 1.53. The fourth-order valence-electron chi connectivity index (χ4n) is 2.42. The maximum Gasteiger partial charge on any atom is 0.230 e. The van der Waals surface area contributed by atoms with Gasteiger partial charge in [0.1, 0.15) is 0 Å². The molecule has 4 nitrogen and oxygen atoms in total. The number of para-hydroxylation sites is 1. The van der Waals surface area contributed by atoms with Crippen LogP contribution in [-0.4, -0.2) is 35.9 Å². The van der Waals surface area contributed by atoms with Gasteiger partial charge in [-0.15, -0.1) is 11.8 Å². The fraction of sp³-hybridized carbons (Fsp3) is 0.375. The van der Waals surface area contributed by atoms with E-state index in [1.165, 1.54) is 11.8 Å². The number of fused-ring (bicyclic) bond motifs is 1. The van der Waals surface area contributed by atoms with Crippen molar-refractivity contribution in [3.05, 3.63) is 36.5 Å². The molecule has 0 unspecified atom stereocenters. The van der Waals surface area contributed by atoms with E-state index in [1.807, 2.05) is 30.3 Å². The minimum absolute atomic E-state index is 0.0448. The molecular weight excluding hydrogens is 284 g/mol. The van der Waals surface area contributed by atoms with Gasteiger partial charge < -0.3 is 10.1 Å². The molecule has 0 spiro atoms. The average Bonchev–Trinajstić information content (AvgIpc) is 3.04. The van der Waals surface area contributed by atoms with Gasteiger partial charge in [-0.2, -0.15) is 0 Å². The zero-order valence-corrected chi connectivity index (χ0v) is 12.6. The SMILES string of the molecule is O=C(CSc1cccc2cccnc12)NC[C@H]1CCCO1. The first kappa shape index (κ1) is 14.4. The van der Waals surface area contributed by atoms with Crippen molar-refractivity contribution in [2.45, 2.75) is 23.8 Å². The highest BCUT2D eigenvalue weighted by Crippen LogP contribution is 2.25. The van der Waals surface area contributed by atoms with Gasteiger partial charge in [0.05, 0.1) is 17.4 Å². The largest absolute Gasteiger partial charge is 0.376 e. The Hall–Kier alpha value is -1.59. The molecule has 1 amide bonds. The molecule has 0 saturated carbocycles. The van der Waals surface area contributed by atoms with E-state index in [0.717, 1.165) is 35.2 Å². The Morgan fingerprint density at radius 1 is 1.38 bits per heavy atom. The van der Waals surface area contributed by atoms with Gasteiger partial charge in [0.15, 0.2) is 0 Å². The van der Waals surface area contributed by atoms with Crippen LogP contribution in [0.4, 0.5) is 0 Å². The second kappa shape index (κ2) is 6.91. The number of aromatic nitrogens is 1. The van der Waals surface area contributed by atoms with Crippen LogP contribution in [0.3, 0.4) is 0 Å². The van der Waals surface area contributed by atoms with Crippen LogP contribution in [0.15, 0.2) is 41.4 Å². The molecule has 1 saturated heterocycles. The van der Waals surface area contributed by atoms with Gasteiger partial charge in [-0.05, 0) is 25.0 Å². The number of thioether (sulfide) groups is 1. The second-order valence-corrected chi connectivity index (χ2v) is 6.08. The lowest BCUT2D eigenvalue weighted by molar-refractivity contribution is -0.119. The van der Waals surface area contributed by atoms with Crippen LogP contribution in [0, 0.1) is 0 Å². The van der Waals surface area contributed by atoms with Gasteiger partial charge in [-0.1, -0.05) is 18.2 Å². The maximum absolute atomic E-state index is 11.9. The summed E-state index contributed by atoms with van der Waals surface area (Å²) in [7, 11) is 0. The molecule has 110 valence electrons. The number of hydrogen-bond donors (Lipinski definition) is 1. The summed E-state index contributed by atoms with van der Waals surface area (Å²) in [6, 6.07) is 9.99. The number of benzene rings is 1. The Morgan fingerprint density at radius 2 is 2.29 bits per heavy atom. The number of amides is 1. The first-order chi connectivity index (χ1) is 10.3.